The molecule has 1 rings (SSSR count). The van der Waals surface area contributed by atoms with Gasteiger partial charge in [-0.05, 0) is 5.56 Å². The molecule has 0 saturated carbocycles. The molecule has 1 aromatic rings. The largest absolute Gasteiger partial charge is 0.465 e. The summed E-state index contributed by atoms with van der Waals surface area (Å²) in [5, 5.41) is 8.69. The SMILES string of the molecule is CN(CCN(C)C(=O)OCCc1ccccc1)C(=O)O. The van der Waals surface area contributed by atoms with Crippen LogP contribution in [0.15, 0.2) is 30.3 Å². The molecule has 1 N–H and O–H groups in total. The van der Waals surface area contributed by atoms with Gasteiger partial charge in [0.1, 0.15) is 0 Å². The van der Waals surface area contributed by atoms with Crippen LogP contribution >= 0.6 is 0 Å². The number of carbonyl (C=O) groups excluding carboxylic acids is 1. The molecule has 0 spiro atoms. The summed E-state index contributed by atoms with van der Waals surface area (Å²) < 4.78 is 5.12. The number of amides is 2. The summed E-state index contributed by atoms with van der Waals surface area (Å²) >= 11 is 0. The van der Waals surface area contributed by atoms with Gasteiger partial charge in [-0.3, -0.25) is 0 Å². The van der Waals surface area contributed by atoms with Gasteiger partial charge in [0.15, 0.2) is 0 Å². The minimum atomic E-state index is -1.02. The summed E-state index contributed by atoms with van der Waals surface area (Å²) in [5.41, 5.74) is 1.11. The molecule has 0 aliphatic carbocycles. The number of hydrogen-bond acceptors (Lipinski definition) is 3. The maximum Gasteiger partial charge on any atom is 0.409 e. The van der Waals surface area contributed by atoms with E-state index in [4.69, 9.17) is 9.84 Å². The molecule has 0 bridgehead atoms. The van der Waals surface area contributed by atoms with E-state index in [1.54, 1.807) is 7.05 Å². The van der Waals surface area contributed by atoms with Crippen molar-refractivity contribution in [2.75, 3.05) is 33.8 Å². The van der Waals surface area contributed by atoms with E-state index in [-0.39, 0.29) is 6.54 Å². The molecule has 0 saturated heterocycles. The number of rotatable bonds is 6. The molecule has 1 aromatic carbocycles. The Bertz CT molecular complexity index is 436. The van der Waals surface area contributed by atoms with E-state index in [1.807, 2.05) is 30.3 Å². The highest BCUT2D eigenvalue weighted by Gasteiger charge is 2.12. The van der Waals surface area contributed by atoms with Crippen molar-refractivity contribution in [1.82, 2.24) is 9.80 Å². The van der Waals surface area contributed by atoms with Crippen molar-refractivity contribution < 1.29 is 19.4 Å². The molecule has 0 aliphatic heterocycles. The Morgan fingerprint density at radius 3 is 2.30 bits per heavy atom. The summed E-state index contributed by atoms with van der Waals surface area (Å²) in [4.78, 5) is 24.7. The van der Waals surface area contributed by atoms with Gasteiger partial charge >= 0.3 is 12.2 Å². The lowest BCUT2D eigenvalue weighted by atomic mass is 10.2. The predicted molar refractivity (Wildman–Crippen MR) is 74.8 cm³/mol. The Labute approximate surface area is 118 Å². The van der Waals surface area contributed by atoms with Crippen LogP contribution in [0.3, 0.4) is 0 Å². The molecule has 0 atom stereocenters. The zero-order valence-corrected chi connectivity index (χ0v) is 11.8. The van der Waals surface area contributed by atoms with Gasteiger partial charge in [-0.2, -0.15) is 0 Å². The molecule has 0 unspecified atom stereocenters. The first-order valence-electron chi connectivity index (χ1n) is 6.36. The van der Waals surface area contributed by atoms with E-state index in [0.717, 1.165) is 10.5 Å². The fraction of sp³-hybridized carbons (Fsp3) is 0.429. The van der Waals surface area contributed by atoms with Crippen molar-refractivity contribution >= 4 is 12.2 Å². The second kappa shape index (κ2) is 8.04. The highest BCUT2D eigenvalue weighted by molar-refractivity contribution is 5.67. The molecule has 0 fully saturated rings. The smallest absolute Gasteiger partial charge is 0.409 e. The minimum Gasteiger partial charge on any atom is -0.465 e. The maximum atomic E-state index is 11.7. The van der Waals surface area contributed by atoms with E-state index in [9.17, 15) is 9.59 Å². The first kappa shape index (κ1) is 15.8. The lowest BCUT2D eigenvalue weighted by Gasteiger charge is -2.20. The Morgan fingerprint density at radius 2 is 1.70 bits per heavy atom. The molecule has 2 amide bonds. The van der Waals surface area contributed by atoms with Crippen molar-refractivity contribution in [3.8, 4) is 0 Å². The molecule has 0 aliphatic rings. The number of nitrogens with zero attached hydrogens (tertiary/aromatic N) is 2. The average molecular weight is 280 g/mol. The molecule has 0 heterocycles. The molecule has 110 valence electrons. The molecular formula is C14H20N2O4. The van der Waals surface area contributed by atoms with Crippen LogP contribution in [0.2, 0.25) is 0 Å². The summed E-state index contributed by atoms with van der Waals surface area (Å²) in [7, 11) is 3.04. The lowest BCUT2D eigenvalue weighted by molar-refractivity contribution is 0.106. The monoisotopic (exact) mass is 280 g/mol. The summed E-state index contributed by atoms with van der Waals surface area (Å²) in [5.74, 6) is 0. The van der Waals surface area contributed by atoms with E-state index < -0.39 is 12.2 Å². The van der Waals surface area contributed by atoms with Crippen molar-refractivity contribution in [3.05, 3.63) is 35.9 Å². The van der Waals surface area contributed by atoms with E-state index >= 15 is 0 Å². The van der Waals surface area contributed by atoms with E-state index in [1.165, 1.54) is 11.9 Å². The zero-order chi connectivity index (χ0) is 15.0. The predicted octanol–water partition coefficient (Wildman–Crippen LogP) is 1.91. The number of carbonyl (C=O) groups is 2. The van der Waals surface area contributed by atoms with E-state index in [2.05, 4.69) is 0 Å². The maximum absolute atomic E-state index is 11.7. The van der Waals surface area contributed by atoms with Crippen molar-refractivity contribution in [2.24, 2.45) is 0 Å². The highest BCUT2D eigenvalue weighted by Crippen LogP contribution is 2.00. The first-order valence-corrected chi connectivity index (χ1v) is 6.36. The van der Waals surface area contributed by atoms with Gasteiger partial charge in [-0.1, -0.05) is 30.3 Å². The zero-order valence-electron chi connectivity index (χ0n) is 11.8. The summed E-state index contributed by atoms with van der Waals surface area (Å²) in [6, 6.07) is 9.75. The fourth-order valence-corrected chi connectivity index (χ4v) is 1.50. The summed E-state index contributed by atoms with van der Waals surface area (Å²) in [6.45, 7) is 0.856. The van der Waals surface area contributed by atoms with Crippen LogP contribution in [-0.4, -0.2) is 60.9 Å². The highest BCUT2D eigenvalue weighted by atomic mass is 16.6. The number of ether oxygens (including phenoxy) is 1. The minimum absolute atomic E-state index is 0.250. The Morgan fingerprint density at radius 1 is 1.10 bits per heavy atom. The van der Waals surface area contributed by atoms with Crippen LogP contribution in [-0.2, 0) is 11.2 Å². The van der Waals surface area contributed by atoms with Gasteiger partial charge in [0.25, 0.3) is 0 Å². The third kappa shape index (κ3) is 5.60. The molecule has 20 heavy (non-hydrogen) atoms. The Balaban J connectivity index is 2.23. The second-order valence-electron chi connectivity index (χ2n) is 4.48. The number of hydrogen-bond donors (Lipinski definition) is 1. The quantitative estimate of drug-likeness (QED) is 0.864. The molecule has 0 radical (unpaired) electrons. The van der Waals surface area contributed by atoms with Crippen LogP contribution in [0.5, 0.6) is 0 Å². The van der Waals surface area contributed by atoms with Crippen molar-refractivity contribution in [3.63, 3.8) is 0 Å². The van der Waals surface area contributed by atoms with Gasteiger partial charge in [0.2, 0.25) is 0 Å². The molecular weight excluding hydrogens is 260 g/mol. The van der Waals surface area contributed by atoms with Gasteiger partial charge in [-0.25, -0.2) is 9.59 Å². The van der Waals surface area contributed by atoms with Gasteiger partial charge in [0, 0.05) is 33.6 Å². The average Bonchev–Trinajstić information content (AvgIpc) is 2.45. The van der Waals surface area contributed by atoms with Crippen LogP contribution in [0, 0.1) is 0 Å². The third-order valence-electron chi connectivity index (χ3n) is 2.87. The normalized spacial score (nSPS) is 9.90. The Hall–Kier alpha value is -2.24. The topological polar surface area (TPSA) is 70.1 Å². The lowest BCUT2D eigenvalue weighted by Crippen LogP contribution is -2.37. The second-order valence-corrected chi connectivity index (χ2v) is 4.48. The van der Waals surface area contributed by atoms with Crippen LogP contribution < -0.4 is 0 Å². The summed E-state index contributed by atoms with van der Waals surface area (Å²) in [6.07, 6.45) is -0.800. The van der Waals surface area contributed by atoms with Gasteiger partial charge in [-0.15, -0.1) is 0 Å². The van der Waals surface area contributed by atoms with Crippen molar-refractivity contribution in [1.29, 1.82) is 0 Å². The van der Waals surface area contributed by atoms with Crippen LogP contribution in [0.1, 0.15) is 5.56 Å². The molecule has 6 heteroatoms. The van der Waals surface area contributed by atoms with Crippen molar-refractivity contribution in [2.45, 2.75) is 6.42 Å². The first-order chi connectivity index (χ1) is 9.50. The number of carboxylic acid groups (broad SMARTS) is 1. The van der Waals surface area contributed by atoms with Crippen LogP contribution in [0.25, 0.3) is 0 Å². The fourth-order valence-electron chi connectivity index (χ4n) is 1.50. The standard InChI is InChI=1S/C14H20N2O4/c1-15(13(17)18)9-10-16(2)14(19)20-11-8-12-6-4-3-5-7-12/h3-7H,8-11H2,1-2H3,(H,17,18). The number of benzene rings is 1. The van der Waals surface area contributed by atoms with Crippen LogP contribution in [0.4, 0.5) is 9.59 Å². The molecule has 0 aromatic heterocycles. The Kier molecular flexibility index (Phi) is 6.36. The third-order valence-corrected chi connectivity index (χ3v) is 2.87. The van der Waals surface area contributed by atoms with Gasteiger partial charge in [0.05, 0.1) is 6.61 Å². The van der Waals surface area contributed by atoms with Gasteiger partial charge < -0.3 is 19.6 Å². The van der Waals surface area contributed by atoms with E-state index in [0.29, 0.717) is 19.6 Å². The molecule has 6 nitrogen and oxygen atoms in total. The number of likely N-dealkylation sites (N-methyl/N-ethyl adjacent to an activating group) is 2.